The summed E-state index contributed by atoms with van der Waals surface area (Å²) in [5, 5.41) is -0.00527. The number of pyridine rings is 1. The first-order chi connectivity index (χ1) is 9.12. The molecule has 0 aliphatic heterocycles. The van der Waals surface area contributed by atoms with Gasteiger partial charge in [-0.15, -0.1) is 0 Å². The molecular formula is C11H15N5O2S. The van der Waals surface area contributed by atoms with Crippen molar-refractivity contribution >= 4 is 10.0 Å². The maximum absolute atomic E-state index is 11.9. The first kappa shape index (κ1) is 13.7. The third kappa shape index (κ3) is 3.60. The minimum Gasteiger partial charge on any atom is -0.348 e. The lowest BCUT2D eigenvalue weighted by atomic mass is 10.3. The second-order valence-corrected chi connectivity index (χ2v) is 5.65. The Morgan fingerprint density at radius 2 is 2.16 bits per heavy atom. The van der Waals surface area contributed by atoms with Crippen molar-refractivity contribution in [3.63, 3.8) is 0 Å². The van der Waals surface area contributed by atoms with E-state index in [0.29, 0.717) is 13.0 Å². The number of imidazole rings is 1. The van der Waals surface area contributed by atoms with Crippen molar-refractivity contribution in [2.75, 3.05) is 6.54 Å². The summed E-state index contributed by atoms with van der Waals surface area (Å²) in [6.07, 6.45) is 5.21. The van der Waals surface area contributed by atoms with Gasteiger partial charge >= 0.3 is 0 Å². The third-order valence-electron chi connectivity index (χ3n) is 2.55. The van der Waals surface area contributed by atoms with Crippen LogP contribution in [0.5, 0.6) is 0 Å². The number of hydrogen-bond acceptors (Lipinski definition) is 5. The molecule has 0 fully saturated rings. The lowest BCUT2D eigenvalue weighted by Crippen LogP contribution is -2.26. The SMILES string of the molecule is NCc1ccc(S(=O)(=O)NCCc2cnc[nH]2)nc1. The van der Waals surface area contributed by atoms with Crippen molar-refractivity contribution in [1.29, 1.82) is 0 Å². The molecule has 2 aromatic heterocycles. The smallest absolute Gasteiger partial charge is 0.258 e. The van der Waals surface area contributed by atoms with Crippen LogP contribution < -0.4 is 10.5 Å². The van der Waals surface area contributed by atoms with Crippen molar-refractivity contribution in [3.8, 4) is 0 Å². The van der Waals surface area contributed by atoms with Crippen LogP contribution in [0.15, 0.2) is 35.9 Å². The van der Waals surface area contributed by atoms with E-state index in [1.54, 1.807) is 18.6 Å². The first-order valence-electron chi connectivity index (χ1n) is 5.74. The fourth-order valence-electron chi connectivity index (χ4n) is 1.51. The molecule has 0 saturated heterocycles. The van der Waals surface area contributed by atoms with Crippen LogP contribution in [0.3, 0.4) is 0 Å². The van der Waals surface area contributed by atoms with Gasteiger partial charge in [0.25, 0.3) is 10.0 Å². The van der Waals surface area contributed by atoms with Crippen LogP contribution in [0.2, 0.25) is 0 Å². The van der Waals surface area contributed by atoms with Gasteiger partial charge in [-0.25, -0.2) is 23.1 Å². The number of H-pyrrole nitrogens is 1. The van der Waals surface area contributed by atoms with Gasteiger partial charge in [0.2, 0.25) is 0 Å². The zero-order valence-electron chi connectivity index (χ0n) is 10.2. The summed E-state index contributed by atoms with van der Waals surface area (Å²) in [7, 11) is -3.57. The number of aromatic nitrogens is 3. The molecule has 0 spiro atoms. The molecule has 7 nitrogen and oxygen atoms in total. The maximum Gasteiger partial charge on any atom is 0.258 e. The number of nitrogens with zero attached hydrogens (tertiary/aromatic N) is 2. The number of hydrogen-bond donors (Lipinski definition) is 3. The van der Waals surface area contributed by atoms with E-state index >= 15 is 0 Å². The van der Waals surface area contributed by atoms with Crippen LogP contribution in [0, 0.1) is 0 Å². The minimum absolute atomic E-state index is 0.00527. The van der Waals surface area contributed by atoms with Gasteiger partial charge in [-0.2, -0.15) is 0 Å². The van der Waals surface area contributed by atoms with Gasteiger partial charge in [0.15, 0.2) is 5.03 Å². The van der Waals surface area contributed by atoms with E-state index in [9.17, 15) is 8.42 Å². The Hall–Kier alpha value is -1.77. The summed E-state index contributed by atoms with van der Waals surface area (Å²) >= 11 is 0. The molecule has 0 aromatic carbocycles. The van der Waals surface area contributed by atoms with Gasteiger partial charge in [-0.1, -0.05) is 6.07 Å². The van der Waals surface area contributed by atoms with Gasteiger partial charge in [-0.05, 0) is 11.6 Å². The molecule has 0 atom stereocenters. The molecule has 0 radical (unpaired) electrons. The second kappa shape index (κ2) is 5.91. The zero-order valence-corrected chi connectivity index (χ0v) is 11.0. The van der Waals surface area contributed by atoms with Crippen molar-refractivity contribution < 1.29 is 8.42 Å². The second-order valence-electron chi connectivity index (χ2n) is 3.93. The molecule has 0 unspecified atom stereocenters. The van der Waals surface area contributed by atoms with Crippen LogP contribution >= 0.6 is 0 Å². The number of aromatic amines is 1. The van der Waals surface area contributed by atoms with Gasteiger partial charge < -0.3 is 10.7 Å². The van der Waals surface area contributed by atoms with Gasteiger partial charge in [0.1, 0.15) is 0 Å². The molecule has 0 amide bonds. The number of rotatable bonds is 6. The molecule has 19 heavy (non-hydrogen) atoms. The average Bonchev–Trinajstić information content (AvgIpc) is 2.92. The highest BCUT2D eigenvalue weighted by atomic mass is 32.2. The Bertz CT molecular complexity index is 607. The minimum atomic E-state index is -3.57. The summed E-state index contributed by atoms with van der Waals surface area (Å²) in [6.45, 7) is 0.616. The average molecular weight is 281 g/mol. The van der Waals surface area contributed by atoms with Gasteiger partial charge in [0.05, 0.1) is 6.33 Å². The Balaban J connectivity index is 1.97. The number of sulfonamides is 1. The lowest BCUT2D eigenvalue weighted by Gasteiger charge is -2.05. The molecule has 8 heteroatoms. The quantitative estimate of drug-likeness (QED) is 0.677. The monoisotopic (exact) mass is 281 g/mol. The van der Waals surface area contributed by atoms with E-state index in [1.165, 1.54) is 12.3 Å². The molecule has 0 bridgehead atoms. The predicted octanol–water partition coefficient (Wildman–Crippen LogP) is -0.216. The van der Waals surface area contributed by atoms with E-state index in [1.807, 2.05) is 0 Å². The first-order valence-corrected chi connectivity index (χ1v) is 7.22. The molecule has 0 saturated carbocycles. The van der Waals surface area contributed by atoms with Crippen molar-refractivity contribution in [2.45, 2.75) is 18.0 Å². The van der Waals surface area contributed by atoms with Crippen LogP contribution in [-0.2, 0) is 23.0 Å². The van der Waals surface area contributed by atoms with Crippen LogP contribution in [0.25, 0.3) is 0 Å². The Morgan fingerprint density at radius 1 is 1.32 bits per heavy atom. The summed E-state index contributed by atoms with van der Waals surface area (Å²) < 4.78 is 26.3. The molecule has 4 N–H and O–H groups in total. The van der Waals surface area contributed by atoms with Crippen molar-refractivity contribution in [3.05, 3.63) is 42.1 Å². The molecule has 0 aliphatic carbocycles. The van der Waals surface area contributed by atoms with Gasteiger partial charge in [0, 0.05) is 37.6 Å². The summed E-state index contributed by atoms with van der Waals surface area (Å²) in [4.78, 5) is 10.6. The van der Waals surface area contributed by atoms with E-state index in [-0.39, 0.29) is 11.6 Å². The fourth-order valence-corrected chi connectivity index (χ4v) is 2.46. The largest absolute Gasteiger partial charge is 0.348 e. The molecule has 2 aromatic rings. The predicted molar refractivity (Wildman–Crippen MR) is 69.6 cm³/mol. The summed E-state index contributed by atoms with van der Waals surface area (Å²) in [5.41, 5.74) is 7.09. The highest BCUT2D eigenvalue weighted by Crippen LogP contribution is 2.06. The third-order valence-corrected chi connectivity index (χ3v) is 3.93. The molecule has 2 rings (SSSR count). The Morgan fingerprint density at radius 3 is 2.74 bits per heavy atom. The lowest BCUT2D eigenvalue weighted by molar-refractivity contribution is 0.577. The summed E-state index contributed by atoms with van der Waals surface area (Å²) in [6, 6.07) is 3.09. The van der Waals surface area contributed by atoms with E-state index < -0.39 is 10.0 Å². The van der Waals surface area contributed by atoms with E-state index in [2.05, 4.69) is 19.7 Å². The highest BCUT2D eigenvalue weighted by molar-refractivity contribution is 7.89. The van der Waals surface area contributed by atoms with Crippen molar-refractivity contribution in [1.82, 2.24) is 19.7 Å². The highest BCUT2D eigenvalue weighted by Gasteiger charge is 2.14. The molecular weight excluding hydrogens is 266 g/mol. The fraction of sp³-hybridized carbons (Fsp3) is 0.273. The summed E-state index contributed by atoms with van der Waals surface area (Å²) in [5.74, 6) is 0. The van der Waals surface area contributed by atoms with E-state index in [0.717, 1.165) is 11.3 Å². The molecule has 102 valence electrons. The van der Waals surface area contributed by atoms with Gasteiger partial charge in [-0.3, -0.25) is 0 Å². The number of nitrogens with one attached hydrogen (secondary N) is 2. The molecule has 2 heterocycles. The number of nitrogens with two attached hydrogens (primary N) is 1. The van der Waals surface area contributed by atoms with Crippen LogP contribution in [-0.4, -0.2) is 29.9 Å². The topological polar surface area (TPSA) is 114 Å². The molecule has 0 aliphatic rings. The van der Waals surface area contributed by atoms with Crippen LogP contribution in [0.1, 0.15) is 11.3 Å². The Kier molecular flexibility index (Phi) is 4.25. The van der Waals surface area contributed by atoms with Crippen LogP contribution in [0.4, 0.5) is 0 Å². The normalized spacial score (nSPS) is 11.6. The van der Waals surface area contributed by atoms with Crippen molar-refractivity contribution in [2.24, 2.45) is 5.73 Å². The standard InChI is InChI=1S/C11H15N5O2S/c12-5-9-1-2-11(14-6-9)19(17,18)16-4-3-10-7-13-8-15-10/h1-2,6-8,16H,3-5,12H2,(H,13,15). The maximum atomic E-state index is 11.9. The Labute approximate surface area is 111 Å². The zero-order chi connectivity index (χ0) is 13.7. The van der Waals surface area contributed by atoms with E-state index in [4.69, 9.17) is 5.73 Å².